The van der Waals surface area contributed by atoms with E-state index in [2.05, 4.69) is 6.07 Å². The van der Waals surface area contributed by atoms with Crippen LogP contribution in [0.3, 0.4) is 0 Å². The number of amides is 2. The minimum atomic E-state index is -1.13. The van der Waals surface area contributed by atoms with Gasteiger partial charge in [-0.2, -0.15) is 5.26 Å². The number of nitrogens with zero attached hydrogens (tertiary/aromatic N) is 3. The SMILES string of the molecule is CC(=O)O[C@H](C(=O)N1c2ccc(OC3CCN(C(=O)OC(C)(C)C)CC3)cc2C[C@@H]1c1ccc2ccc(C#N)cc2c1)c1ccccc1. The lowest BCUT2D eigenvalue weighted by molar-refractivity contribution is -0.153. The molecule has 0 radical (unpaired) electrons. The van der Waals surface area contributed by atoms with Crippen molar-refractivity contribution in [2.45, 2.75) is 70.8 Å². The highest BCUT2D eigenvalue weighted by molar-refractivity contribution is 6.01. The van der Waals surface area contributed by atoms with Gasteiger partial charge in [-0.05, 0) is 85.5 Å². The molecule has 4 aromatic rings. The van der Waals surface area contributed by atoms with Crippen LogP contribution in [0.15, 0.2) is 84.9 Å². The molecule has 0 bridgehead atoms. The zero-order chi connectivity index (χ0) is 34.0. The molecule has 6 rings (SSSR count). The molecule has 2 aliphatic heterocycles. The Hall–Kier alpha value is -5.36. The number of carbonyl (C=O) groups is 3. The Kier molecular flexibility index (Phi) is 9.09. The first-order valence-electron chi connectivity index (χ1n) is 16.3. The van der Waals surface area contributed by atoms with Gasteiger partial charge in [0.2, 0.25) is 6.10 Å². The maximum absolute atomic E-state index is 14.5. The molecule has 48 heavy (non-hydrogen) atoms. The summed E-state index contributed by atoms with van der Waals surface area (Å²) in [6, 6.07) is 28.1. The standard InChI is InChI=1S/C39H39N3O6/c1-25(43)46-36(28-8-6-5-7-9-28)37(44)42-34-15-14-33(47-32-16-18-41(19-17-32)38(45)48-39(2,3)4)22-31(34)23-35(42)29-13-12-27-11-10-26(24-40)20-30(27)21-29/h5-15,20-22,32,35-36H,16-19,23H2,1-4H3/t35-,36+/m1/s1. The van der Waals surface area contributed by atoms with Crippen LogP contribution in [0.1, 0.15) is 74.9 Å². The smallest absolute Gasteiger partial charge is 0.410 e. The van der Waals surface area contributed by atoms with Gasteiger partial charge >= 0.3 is 12.1 Å². The normalized spacial score (nSPS) is 16.9. The maximum Gasteiger partial charge on any atom is 0.410 e. The van der Waals surface area contributed by atoms with Crippen LogP contribution in [-0.4, -0.2) is 47.7 Å². The summed E-state index contributed by atoms with van der Waals surface area (Å²) < 4.78 is 17.6. The lowest BCUT2D eigenvalue weighted by atomic mass is 9.97. The van der Waals surface area contributed by atoms with Gasteiger partial charge in [-0.25, -0.2) is 4.79 Å². The number of ether oxygens (including phenoxy) is 3. The highest BCUT2D eigenvalue weighted by Gasteiger charge is 2.40. The fraction of sp³-hybridized carbons (Fsp3) is 0.333. The van der Waals surface area contributed by atoms with Crippen LogP contribution < -0.4 is 9.64 Å². The Morgan fingerprint density at radius 3 is 2.31 bits per heavy atom. The quantitative estimate of drug-likeness (QED) is 0.201. The number of hydrogen-bond acceptors (Lipinski definition) is 7. The van der Waals surface area contributed by atoms with Crippen LogP contribution in [-0.2, 0) is 25.5 Å². The van der Waals surface area contributed by atoms with Crippen LogP contribution in [0, 0.1) is 11.3 Å². The summed E-state index contributed by atoms with van der Waals surface area (Å²) in [4.78, 5) is 42.7. The van der Waals surface area contributed by atoms with E-state index >= 15 is 0 Å². The van der Waals surface area contributed by atoms with Gasteiger partial charge in [0.25, 0.3) is 5.91 Å². The molecule has 9 nitrogen and oxygen atoms in total. The fourth-order valence-electron chi connectivity index (χ4n) is 6.44. The number of hydrogen-bond donors (Lipinski definition) is 0. The number of benzene rings is 4. The number of esters is 1. The van der Waals surface area contributed by atoms with E-state index in [-0.39, 0.29) is 18.1 Å². The van der Waals surface area contributed by atoms with Gasteiger partial charge in [0.15, 0.2) is 0 Å². The first-order valence-corrected chi connectivity index (χ1v) is 16.3. The maximum atomic E-state index is 14.5. The van der Waals surface area contributed by atoms with Crippen molar-refractivity contribution in [3.63, 3.8) is 0 Å². The van der Waals surface area contributed by atoms with Gasteiger partial charge < -0.3 is 24.0 Å². The van der Waals surface area contributed by atoms with Gasteiger partial charge in [0.05, 0.1) is 17.7 Å². The van der Waals surface area contributed by atoms with E-state index in [0.29, 0.717) is 49.2 Å². The minimum absolute atomic E-state index is 0.0714. The van der Waals surface area contributed by atoms with E-state index in [0.717, 1.165) is 27.6 Å². The van der Waals surface area contributed by atoms with Crippen molar-refractivity contribution in [2.75, 3.05) is 18.0 Å². The number of fused-ring (bicyclic) bond motifs is 2. The molecule has 0 aromatic heterocycles. The van der Waals surface area contributed by atoms with E-state index in [1.54, 1.807) is 28.0 Å². The summed E-state index contributed by atoms with van der Waals surface area (Å²) in [7, 11) is 0. The van der Waals surface area contributed by atoms with Gasteiger partial charge in [-0.15, -0.1) is 0 Å². The first kappa shape index (κ1) is 32.6. The molecule has 0 unspecified atom stereocenters. The van der Waals surface area contributed by atoms with Crippen LogP contribution in [0.5, 0.6) is 5.75 Å². The van der Waals surface area contributed by atoms with E-state index in [9.17, 15) is 19.6 Å². The largest absolute Gasteiger partial charge is 0.490 e. The zero-order valence-electron chi connectivity index (χ0n) is 27.6. The first-order chi connectivity index (χ1) is 23.0. The fourth-order valence-corrected chi connectivity index (χ4v) is 6.44. The molecule has 1 saturated heterocycles. The van der Waals surface area contributed by atoms with Crippen LogP contribution in [0.25, 0.3) is 10.8 Å². The summed E-state index contributed by atoms with van der Waals surface area (Å²) in [6.07, 6.45) is 0.348. The molecule has 0 saturated carbocycles. The number of carbonyl (C=O) groups excluding carboxylic acids is 3. The summed E-state index contributed by atoms with van der Waals surface area (Å²) in [6.45, 7) is 7.96. The van der Waals surface area contributed by atoms with E-state index in [1.165, 1.54) is 6.92 Å². The second-order valence-corrected chi connectivity index (χ2v) is 13.3. The zero-order valence-corrected chi connectivity index (χ0v) is 27.6. The second-order valence-electron chi connectivity index (χ2n) is 13.3. The Balaban J connectivity index is 1.29. The molecule has 246 valence electrons. The van der Waals surface area contributed by atoms with Crippen molar-refractivity contribution in [3.8, 4) is 11.8 Å². The molecule has 9 heteroatoms. The summed E-state index contributed by atoms with van der Waals surface area (Å²) in [5.41, 5.74) is 3.13. The molecule has 2 aliphatic rings. The van der Waals surface area contributed by atoms with Crippen molar-refractivity contribution in [1.29, 1.82) is 5.26 Å². The van der Waals surface area contributed by atoms with Gasteiger partial charge in [-0.1, -0.05) is 48.5 Å². The number of rotatable bonds is 6. The number of likely N-dealkylation sites (tertiary alicyclic amines) is 1. The Morgan fingerprint density at radius 2 is 1.62 bits per heavy atom. The number of anilines is 1. The Bertz CT molecular complexity index is 1890. The third-order valence-electron chi connectivity index (χ3n) is 8.66. The molecular weight excluding hydrogens is 606 g/mol. The topological polar surface area (TPSA) is 109 Å². The molecule has 2 atom stereocenters. The van der Waals surface area contributed by atoms with Gasteiger partial charge in [0.1, 0.15) is 17.5 Å². The van der Waals surface area contributed by atoms with Crippen molar-refractivity contribution in [3.05, 3.63) is 107 Å². The van der Waals surface area contributed by atoms with Crippen LogP contribution >= 0.6 is 0 Å². The van der Waals surface area contributed by atoms with Crippen molar-refractivity contribution in [2.24, 2.45) is 0 Å². The van der Waals surface area contributed by atoms with Gasteiger partial charge in [0, 0.05) is 44.1 Å². The second kappa shape index (κ2) is 13.4. The lowest BCUT2D eigenvalue weighted by Crippen LogP contribution is -2.44. The molecule has 2 amide bonds. The van der Waals surface area contributed by atoms with Crippen molar-refractivity contribution >= 4 is 34.4 Å². The number of nitriles is 1. The molecule has 0 spiro atoms. The third kappa shape index (κ3) is 7.13. The highest BCUT2D eigenvalue weighted by Crippen LogP contribution is 2.44. The Labute approximate surface area is 280 Å². The number of piperidine rings is 1. The lowest BCUT2D eigenvalue weighted by Gasteiger charge is -2.33. The molecule has 0 N–H and O–H groups in total. The molecule has 4 aromatic carbocycles. The minimum Gasteiger partial charge on any atom is -0.490 e. The average molecular weight is 646 g/mol. The van der Waals surface area contributed by atoms with Crippen molar-refractivity contribution in [1.82, 2.24) is 4.90 Å². The predicted molar refractivity (Wildman–Crippen MR) is 181 cm³/mol. The van der Waals surface area contributed by atoms with Gasteiger partial charge in [-0.3, -0.25) is 9.59 Å². The van der Waals surface area contributed by atoms with E-state index < -0.39 is 23.7 Å². The third-order valence-corrected chi connectivity index (χ3v) is 8.66. The highest BCUT2D eigenvalue weighted by atomic mass is 16.6. The average Bonchev–Trinajstić information content (AvgIpc) is 3.45. The molecule has 1 fully saturated rings. The molecule has 0 aliphatic carbocycles. The van der Waals surface area contributed by atoms with Crippen LogP contribution in [0.2, 0.25) is 0 Å². The van der Waals surface area contributed by atoms with Crippen LogP contribution in [0.4, 0.5) is 10.5 Å². The monoisotopic (exact) mass is 645 g/mol. The molecular formula is C39H39N3O6. The van der Waals surface area contributed by atoms with E-state index in [1.807, 2.05) is 87.5 Å². The summed E-state index contributed by atoms with van der Waals surface area (Å²) in [5.74, 6) is -0.215. The van der Waals surface area contributed by atoms with E-state index in [4.69, 9.17) is 14.2 Å². The predicted octanol–water partition coefficient (Wildman–Crippen LogP) is 7.42. The Morgan fingerprint density at radius 1 is 0.896 bits per heavy atom. The molecule has 2 heterocycles. The van der Waals surface area contributed by atoms with Crippen molar-refractivity contribution < 1.29 is 28.6 Å². The summed E-state index contributed by atoms with van der Waals surface area (Å²) >= 11 is 0. The summed E-state index contributed by atoms with van der Waals surface area (Å²) in [5, 5.41) is 11.4.